The third-order valence-electron chi connectivity index (χ3n) is 4.25. The number of rotatable bonds is 6. The van der Waals surface area contributed by atoms with Gasteiger partial charge in [0.25, 0.3) is 5.91 Å². The lowest BCUT2D eigenvalue weighted by atomic mass is 10.0. The number of hydrogen-bond acceptors (Lipinski definition) is 5. The van der Waals surface area contributed by atoms with Gasteiger partial charge in [-0.2, -0.15) is 8.78 Å². The molecule has 0 saturated heterocycles. The number of carbonyl (C=O) groups is 2. The maximum absolute atomic E-state index is 12.5. The van der Waals surface area contributed by atoms with Crippen molar-refractivity contribution < 1.29 is 27.8 Å². The molecule has 3 aromatic rings. The zero-order chi connectivity index (χ0) is 21.0. The van der Waals surface area contributed by atoms with Crippen molar-refractivity contribution in [2.24, 2.45) is 0 Å². The first kappa shape index (κ1) is 20.2. The Kier molecular flexibility index (Phi) is 6.01. The Morgan fingerprint density at radius 1 is 1.07 bits per heavy atom. The number of ether oxygens (including phenoxy) is 2. The van der Waals surface area contributed by atoms with Crippen LogP contribution in [0.4, 0.5) is 14.5 Å². The third kappa shape index (κ3) is 4.66. The molecule has 6 nitrogen and oxygen atoms in total. The number of nitrogens with zero attached hydrogens (tertiary/aromatic N) is 1. The van der Waals surface area contributed by atoms with Gasteiger partial charge in [-0.15, -0.1) is 0 Å². The van der Waals surface area contributed by atoms with Crippen LogP contribution in [0.5, 0.6) is 5.75 Å². The summed E-state index contributed by atoms with van der Waals surface area (Å²) in [6.07, 6.45) is 0. The van der Waals surface area contributed by atoms with E-state index in [1.165, 1.54) is 18.2 Å². The fourth-order valence-corrected chi connectivity index (χ4v) is 2.99. The summed E-state index contributed by atoms with van der Waals surface area (Å²) in [5.41, 5.74) is 2.29. The molecule has 0 saturated carbocycles. The standard InChI is InChI=1S/C21H18F2N2O4/c1-12-14-7-3-4-8-15(14)24-13(2)19(12)20(27)28-11-18(26)25-16-9-5-6-10-17(16)29-21(22)23/h3-10,21H,11H2,1-2H3,(H,25,26). The van der Waals surface area contributed by atoms with Crippen LogP contribution in [-0.2, 0) is 9.53 Å². The number of carbonyl (C=O) groups excluding carboxylic acids is 2. The second kappa shape index (κ2) is 8.64. The molecule has 0 aliphatic carbocycles. The van der Waals surface area contributed by atoms with Crippen molar-refractivity contribution in [3.05, 3.63) is 65.4 Å². The van der Waals surface area contributed by atoms with Crippen LogP contribution in [0.15, 0.2) is 48.5 Å². The van der Waals surface area contributed by atoms with E-state index in [2.05, 4.69) is 15.0 Å². The highest BCUT2D eigenvalue weighted by molar-refractivity contribution is 6.00. The summed E-state index contributed by atoms with van der Waals surface area (Å²) in [6, 6.07) is 13.1. The highest BCUT2D eigenvalue weighted by atomic mass is 19.3. The van der Waals surface area contributed by atoms with Gasteiger partial charge in [0.05, 0.1) is 22.5 Å². The van der Waals surface area contributed by atoms with Gasteiger partial charge in [0.1, 0.15) is 5.75 Å². The molecule has 0 unspecified atom stereocenters. The molecular weight excluding hydrogens is 382 g/mol. The number of benzene rings is 2. The second-order valence-corrected chi connectivity index (χ2v) is 6.21. The minimum atomic E-state index is -3.03. The number of aromatic nitrogens is 1. The van der Waals surface area contributed by atoms with Crippen LogP contribution >= 0.6 is 0 Å². The van der Waals surface area contributed by atoms with E-state index in [0.29, 0.717) is 11.3 Å². The SMILES string of the molecule is Cc1nc2ccccc2c(C)c1C(=O)OCC(=O)Nc1ccccc1OC(F)F. The Bertz CT molecular complexity index is 1070. The van der Waals surface area contributed by atoms with Crippen molar-refractivity contribution in [2.45, 2.75) is 20.5 Å². The van der Waals surface area contributed by atoms with E-state index in [-0.39, 0.29) is 17.0 Å². The fraction of sp³-hybridized carbons (Fsp3) is 0.190. The van der Waals surface area contributed by atoms with Crippen LogP contribution < -0.4 is 10.1 Å². The molecule has 1 heterocycles. The maximum Gasteiger partial charge on any atom is 0.387 e. The average Bonchev–Trinajstić information content (AvgIpc) is 2.67. The zero-order valence-electron chi connectivity index (χ0n) is 15.7. The molecule has 3 rings (SSSR count). The minimum absolute atomic E-state index is 0.0496. The Labute approximate surface area is 165 Å². The first-order valence-electron chi connectivity index (χ1n) is 8.73. The van der Waals surface area contributed by atoms with Crippen molar-refractivity contribution in [3.8, 4) is 5.75 Å². The number of pyridine rings is 1. The minimum Gasteiger partial charge on any atom is -0.452 e. The van der Waals surface area contributed by atoms with E-state index >= 15 is 0 Å². The number of esters is 1. The molecule has 0 atom stereocenters. The number of fused-ring (bicyclic) bond motifs is 1. The lowest BCUT2D eigenvalue weighted by Gasteiger charge is -2.13. The molecule has 0 aliphatic heterocycles. The Balaban J connectivity index is 1.70. The van der Waals surface area contributed by atoms with E-state index in [4.69, 9.17) is 4.74 Å². The maximum atomic E-state index is 12.5. The summed E-state index contributed by atoms with van der Waals surface area (Å²) in [7, 11) is 0. The molecule has 0 spiro atoms. The van der Waals surface area contributed by atoms with E-state index in [9.17, 15) is 18.4 Å². The number of amides is 1. The lowest BCUT2D eigenvalue weighted by Crippen LogP contribution is -2.22. The molecule has 0 fully saturated rings. The summed E-state index contributed by atoms with van der Waals surface area (Å²) < 4.78 is 34.4. The van der Waals surface area contributed by atoms with Crippen molar-refractivity contribution in [2.75, 3.05) is 11.9 Å². The van der Waals surface area contributed by atoms with Gasteiger partial charge in [0.2, 0.25) is 0 Å². The summed E-state index contributed by atoms with van der Waals surface area (Å²) >= 11 is 0. The molecule has 150 valence electrons. The normalized spacial score (nSPS) is 10.8. The number of para-hydroxylation sites is 3. The summed E-state index contributed by atoms with van der Waals surface area (Å²) in [5.74, 6) is -1.56. The van der Waals surface area contributed by atoms with E-state index in [0.717, 1.165) is 10.9 Å². The predicted molar refractivity (Wildman–Crippen MR) is 103 cm³/mol. The topological polar surface area (TPSA) is 77.5 Å². The van der Waals surface area contributed by atoms with Crippen LogP contribution in [0.3, 0.4) is 0 Å². The number of aryl methyl sites for hydroxylation is 2. The highest BCUT2D eigenvalue weighted by Gasteiger charge is 2.19. The monoisotopic (exact) mass is 400 g/mol. The van der Waals surface area contributed by atoms with Crippen molar-refractivity contribution in [1.82, 2.24) is 4.98 Å². The van der Waals surface area contributed by atoms with Crippen LogP contribution in [0.2, 0.25) is 0 Å². The first-order valence-corrected chi connectivity index (χ1v) is 8.73. The Hall–Kier alpha value is -3.55. The lowest BCUT2D eigenvalue weighted by molar-refractivity contribution is -0.119. The number of nitrogens with one attached hydrogen (secondary N) is 1. The fourth-order valence-electron chi connectivity index (χ4n) is 2.99. The average molecular weight is 400 g/mol. The largest absolute Gasteiger partial charge is 0.452 e. The van der Waals surface area contributed by atoms with E-state index in [1.54, 1.807) is 19.9 Å². The van der Waals surface area contributed by atoms with Crippen molar-refractivity contribution in [3.63, 3.8) is 0 Å². The van der Waals surface area contributed by atoms with Crippen molar-refractivity contribution >= 4 is 28.5 Å². The predicted octanol–water partition coefficient (Wildman–Crippen LogP) is 4.25. The zero-order valence-corrected chi connectivity index (χ0v) is 15.7. The summed E-state index contributed by atoms with van der Waals surface area (Å²) in [5, 5.41) is 3.20. The quantitative estimate of drug-likeness (QED) is 0.626. The van der Waals surface area contributed by atoms with Crippen LogP contribution in [0.25, 0.3) is 10.9 Å². The molecule has 1 amide bonds. The van der Waals surface area contributed by atoms with Gasteiger partial charge in [0.15, 0.2) is 6.61 Å². The van der Waals surface area contributed by atoms with Crippen molar-refractivity contribution in [1.29, 1.82) is 0 Å². The highest BCUT2D eigenvalue weighted by Crippen LogP contribution is 2.26. The number of anilines is 1. The van der Waals surface area contributed by atoms with Gasteiger partial charge in [-0.05, 0) is 37.6 Å². The van der Waals surface area contributed by atoms with Crippen LogP contribution in [0.1, 0.15) is 21.6 Å². The number of halogens is 2. The van der Waals surface area contributed by atoms with Gasteiger partial charge in [-0.1, -0.05) is 30.3 Å². The molecule has 29 heavy (non-hydrogen) atoms. The third-order valence-corrected chi connectivity index (χ3v) is 4.25. The summed E-state index contributed by atoms with van der Waals surface area (Å²) in [6.45, 7) is -0.148. The van der Waals surface area contributed by atoms with Gasteiger partial charge >= 0.3 is 12.6 Å². The molecule has 2 aromatic carbocycles. The second-order valence-electron chi connectivity index (χ2n) is 6.21. The van der Waals surface area contributed by atoms with E-state index < -0.39 is 25.1 Å². The molecule has 1 aromatic heterocycles. The molecule has 0 radical (unpaired) electrons. The smallest absolute Gasteiger partial charge is 0.387 e. The van der Waals surface area contributed by atoms with E-state index in [1.807, 2.05) is 24.3 Å². The Morgan fingerprint density at radius 3 is 2.52 bits per heavy atom. The van der Waals surface area contributed by atoms with Gasteiger partial charge in [-0.25, -0.2) is 4.79 Å². The first-order chi connectivity index (χ1) is 13.9. The molecular formula is C21H18F2N2O4. The Morgan fingerprint density at radius 2 is 1.76 bits per heavy atom. The molecule has 0 aliphatic rings. The molecule has 1 N–H and O–H groups in total. The molecule has 0 bridgehead atoms. The van der Waals surface area contributed by atoms with Crippen LogP contribution in [0, 0.1) is 13.8 Å². The van der Waals surface area contributed by atoms with Gasteiger partial charge in [-0.3, -0.25) is 9.78 Å². The van der Waals surface area contributed by atoms with Crippen LogP contribution in [-0.4, -0.2) is 30.1 Å². The number of hydrogen-bond donors (Lipinski definition) is 1. The van der Waals surface area contributed by atoms with Gasteiger partial charge < -0.3 is 14.8 Å². The summed E-state index contributed by atoms with van der Waals surface area (Å²) in [4.78, 5) is 29.1. The van der Waals surface area contributed by atoms with Gasteiger partial charge in [0, 0.05) is 5.39 Å². The molecule has 8 heteroatoms. The number of alkyl halides is 2.